The molecule has 0 aliphatic carbocycles. The second-order valence-electron chi connectivity index (χ2n) is 6.84. The van der Waals surface area contributed by atoms with Gasteiger partial charge in [-0.1, -0.05) is 12.5 Å². The summed E-state index contributed by atoms with van der Waals surface area (Å²) >= 11 is 0. The van der Waals surface area contributed by atoms with Gasteiger partial charge in [0, 0.05) is 32.0 Å². The van der Waals surface area contributed by atoms with Crippen LogP contribution in [0.15, 0.2) is 24.5 Å². The van der Waals surface area contributed by atoms with Gasteiger partial charge in [0.05, 0.1) is 18.2 Å². The summed E-state index contributed by atoms with van der Waals surface area (Å²) in [4.78, 5) is 21.6. The molecule has 0 aromatic carbocycles. The molecule has 2 saturated heterocycles. The van der Waals surface area contributed by atoms with E-state index in [-0.39, 0.29) is 24.2 Å². The second kappa shape index (κ2) is 7.41. The van der Waals surface area contributed by atoms with Crippen molar-refractivity contribution in [2.45, 2.75) is 57.9 Å². The number of morpholine rings is 1. The van der Waals surface area contributed by atoms with Crippen molar-refractivity contribution in [3.8, 4) is 0 Å². The molecule has 0 radical (unpaired) electrons. The Hall–Kier alpha value is -1.46. The molecule has 5 nitrogen and oxygen atoms in total. The van der Waals surface area contributed by atoms with E-state index < -0.39 is 0 Å². The molecule has 0 bridgehead atoms. The van der Waals surface area contributed by atoms with Gasteiger partial charge < -0.3 is 9.64 Å². The topological polar surface area (TPSA) is 45.7 Å². The van der Waals surface area contributed by atoms with E-state index in [0.29, 0.717) is 13.1 Å². The summed E-state index contributed by atoms with van der Waals surface area (Å²) in [5.74, 6) is 0.274. The predicted octanol–water partition coefficient (Wildman–Crippen LogP) is 2.07. The van der Waals surface area contributed by atoms with E-state index in [1.54, 1.807) is 6.20 Å². The molecular formula is C18H27N3O2. The highest BCUT2D eigenvalue weighted by molar-refractivity contribution is 5.82. The fourth-order valence-electron chi connectivity index (χ4n) is 3.75. The maximum Gasteiger partial charge on any atom is 0.240 e. The van der Waals surface area contributed by atoms with Gasteiger partial charge in [0.1, 0.15) is 0 Å². The van der Waals surface area contributed by atoms with Crippen molar-refractivity contribution in [3.05, 3.63) is 30.1 Å². The van der Waals surface area contributed by atoms with Gasteiger partial charge in [-0.3, -0.25) is 14.7 Å². The maximum atomic E-state index is 13.1. The molecule has 3 rings (SSSR count). The Balaban J connectivity index is 1.69. The van der Waals surface area contributed by atoms with E-state index in [1.807, 2.05) is 31.0 Å². The Labute approximate surface area is 138 Å². The Morgan fingerprint density at radius 3 is 2.78 bits per heavy atom. The number of amides is 1. The normalized spacial score (nSPS) is 29.5. The van der Waals surface area contributed by atoms with Gasteiger partial charge >= 0.3 is 0 Å². The van der Waals surface area contributed by atoms with Gasteiger partial charge in [0.2, 0.25) is 5.91 Å². The van der Waals surface area contributed by atoms with Crippen LogP contribution in [0.4, 0.5) is 0 Å². The van der Waals surface area contributed by atoms with Crippen LogP contribution in [0, 0.1) is 0 Å². The minimum atomic E-state index is 0.00135. The van der Waals surface area contributed by atoms with Crippen LogP contribution >= 0.6 is 0 Å². The third-order valence-electron chi connectivity index (χ3n) is 4.74. The summed E-state index contributed by atoms with van der Waals surface area (Å²) in [7, 11) is 0. The Morgan fingerprint density at radius 1 is 1.30 bits per heavy atom. The monoisotopic (exact) mass is 317 g/mol. The van der Waals surface area contributed by atoms with E-state index in [4.69, 9.17) is 4.74 Å². The van der Waals surface area contributed by atoms with Crippen LogP contribution in [0.3, 0.4) is 0 Å². The number of carbonyl (C=O) groups is 1. The lowest BCUT2D eigenvalue weighted by Gasteiger charge is -2.41. The zero-order valence-corrected chi connectivity index (χ0v) is 14.1. The number of hydrogen-bond donors (Lipinski definition) is 0. The molecule has 2 aliphatic rings. The van der Waals surface area contributed by atoms with Gasteiger partial charge in [-0.25, -0.2) is 0 Å². The van der Waals surface area contributed by atoms with E-state index in [1.165, 1.54) is 12.0 Å². The molecule has 0 N–H and O–H groups in total. The predicted molar refractivity (Wildman–Crippen MR) is 88.9 cm³/mol. The number of nitrogens with zero attached hydrogens (tertiary/aromatic N) is 3. The van der Waals surface area contributed by atoms with Gasteiger partial charge in [0.15, 0.2) is 0 Å². The molecule has 23 heavy (non-hydrogen) atoms. The van der Waals surface area contributed by atoms with Crippen molar-refractivity contribution in [2.75, 3.05) is 19.6 Å². The number of rotatable bonds is 3. The first-order valence-corrected chi connectivity index (χ1v) is 8.70. The highest BCUT2D eigenvalue weighted by atomic mass is 16.5. The molecule has 1 aromatic rings. The van der Waals surface area contributed by atoms with Crippen LogP contribution in [0.5, 0.6) is 0 Å². The molecule has 0 saturated carbocycles. The second-order valence-corrected chi connectivity index (χ2v) is 6.84. The summed E-state index contributed by atoms with van der Waals surface area (Å²) in [5, 5.41) is 0. The molecule has 0 spiro atoms. The first-order chi connectivity index (χ1) is 11.1. The Kier molecular flexibility index (Phi) is 5.28. The highest BCUT2D eigenvalue weighted by Gasteiger charge is 2.35. The molecule has 2 fully saturated rings. The molecule has 5 heteroatoms. The molecule has 3 heterocycles. The van der Waals surface area contributed by atoms with Crippen molar-refractivity contribution in [2.24, 2.45) is 0 Å². The standard InChI is InChI=1S/C18H27N3O2/c1-14-11-21(12-15(2)23-14)18(22)17-7-3-4-9-20(17)13-16-6-5-8-19-10-16/h5-6,8,10,14-15,17H,3-4,7,9,11-13H2,1-2H3/t14-,15+,17-/m0/s1. The molecule has 0 unspecified atom stereocenters. The fraction of sp³-hybridized carbons (Fsp3) is 0.667. The highest BCUT2D eigenvalue weighted by Crippen LogP contribution is 2.23. The summed E-state index contributed by atoms with van der Waals surface area (Å²) in [6, 6.07) is 4.05. The SMILES string of the molecule is C[C@@H]1CN(C(=O)[C@@H]2CCCCN2Cc2cccnc2)C[C@H](C)O1. The lowest BCUT2D eigenvalue weighted by molar-refractivity contribution is -0.150. The van der Waals surface area contributed by atoms with Crippen molar-refractivity contribution < 1.29 is 9.53 Å². The number of hydrogen-bond acceptors (Lipinski definition) is 4. The summed E-state index contributed by atoms with van der Waals surface area (Å²) in [6.07, 6.45) is 7.19. The number of piperidine rings is 1. The van der Waals surface area contributed by atoms with Crippen LogP contribution in [-0.4, -0.2) is 58.6 Å². The number of aromatic nitrogens is 1. The third kappa shape index (κ3) is 4.09. The van der Waals surface area contributed by atoms with E-state index in [0.717, 1.165) is 25.9 Å². The average molecular weight is 317 g/mol. The number of likely N-dealkylation sites (tertiary alicyclic amines) is 1. The first-order valence-electron chi connectivity index (χ1n) is 8.70. The van der Waals surface area contributed by atoms with Gasteiger partial charge in [0.25, 0.3) is 0 Å². The van der Waals surface area contributed by atoms with E-state index in [9.17, 15) is 4.79 Å². The van der Waals surface area contributed by atoms with Crippen LogP contribution in [0.1, 0.15) is 38.7 Å². The zero-order chi connectivity index (χ0) is 16.2. The third-order valence-corrected chi connectivity index (χ3v) is 4.74. The smallest absolute Gasteiger partial charge is 0.240 e. The zero-order valence-electron chi connectivity index (χ0n) is 14.1. The van der Waals surface area contributed by atoms with Crippen molar-refractivity contribution in [3.63, 3.8) is 0 Å². The van der Waals surface area contributed by atoms with Crippen molar-refractivity contribution in [1.29, 1.82) is 0 Å². The minimum absolute atomic E-state index is 0.00135. The molecule has 2 aliphatic heterocycles. The van der Waals surface area contributed by atoms with Crippen molar-refractivity contribution >= 4 is 5.91 Å². The van der Waals surface area contributed by atoms with Gasteiger partial charge in [-0.2, -0.15) is 0 Å². The van der Waals surface area contributed by atoms with Crippen LogP contribution < -0.4 is 0 Å². The minimum Gasteiger partial charge on any atom is -0.372 e. The molecule has 1 amide bonds. The maximum absolute atomic E-state index is 13.1. The van der Waals surface area contributed by atoms with E-state index in [2.05, 4.69) is 16.0 Å². The molecule has 3 atom stereocenters. The van der Waals surface area contributed by atoms with Crippen LogP contribution in [0.25, 0.3) is 0 Å². The first kappa shape index (κ1) is 16.4. The number of pyridine rings is 1. The van der Waals surface area contributed by atoms with E-state index >= 15 is 0 Å². The Morgan fingerprint density at radius 2 is 2.09 bits per heavy atom. The molecular weight excluding hydrogens is 290 g/mol. The lowest BCUT2D eigenvalue weighted by Crippen LogP contribution is -2.56. The summed E-state index contributed by atoms with van der Waals surface area (Å²) in [5.41, 5.74) is 1.18. The quantitative estimate of drug-likeness (QED) is 0.856. The molecule has 126 valence electrons. The van der Waals surface area contributed by atoms with Crippen LogP contribution in [0.2, 0.25) is 0 Å². The lowest BCUT2D eigenvalue weighted by atomic mass is 9.99. The largest absolute Gasteiger partial charge is 0.372 e. The summed E-state index contributed by atoms with van der Waals surface area (Å²) < 4.78 is 5.76. The number of carbonyl (C=O) groups excluding carboxylic acids is 1. The van der Waals surface area contributed by atoms with Gasteiger partial charge in [-0.15, -0.1) is 0 Å². The van der Waals surface area contributed by atoms with Gasteiger partial charge in [-0.05, 0) is 44.9 Å². The van der Waals surface area contributed by atoms with Crippen molar-refractivity contribution in [1.82, 2.24) is 14.8 Å². The number of ether oxygens (including phenoxy) is 1. The average Bonchev–Trinajstić information content (AvgIpc) is 2.55. The van der Waals surface area contributed by atoms with Crippen LogP contribution in [-0.2, 0) is 16.1 Å². The summed E-state index contributed by atoms with van der Waals surface area (Å²) in [6.45, 7) is 7.30. The molecule has 1 aromatic heterocycles. The Bertz CT molecular complexity index is 512. The fourth-order valence-corrected chi connectivity index (χ4v) is 3.75.